The highest BCUT2D eigenvalue weighted by Gasteiger charge is 2.16. The molecular formula is C15H18N2O3S. The molecule has 112 valence electrons. The van der Waals surface area contributed by atoms with Gasteiger partial charge in [0.2, 0.25) is 0 Å². The number of ether oxygens (including phenoxy) is 1. The van der Waals surface area contributed by atoms with Crippen molar-refractivity contribution in [2.75, 3.05) is 17.1 Å². The maximum Gasteiger partial charge on any atom is 0.263 e. The van der Waals surface area contributed by atoms with Crippen molar-refractivity contribution >= 4 is 21.4 Å². The topological polar surface area (TPSA) is 81.4 Å². The standard InChI is InChI=1S/C15H18N2O3S/c1-2-11-20-13-9-7-12(8-10-13)17-21(18,19)15-6-4-3-5-14(15)16/h3-10,17H,2,11,16H2,1H3. The zero-order valence-electron chi connectivity index (χ0n) is 11.7. The minimum atomic E-state index is -3.69. The summed E-state index contributed by atoms with van der Waals surface area (Å²) < 4.78 is 32.5. The number of nitrogens with one attached hydrogen (secondary N) is 1. The molecule has 0 aromatic heterocycles. The molecular weight excluding hydrogens is 288 g/mol. The third kappa shape index (κ3) is 3.88. The van der Waals surface area contributed by atoms with Gasteiger partial charge in [-0.2, -0.15) is 0 Å². The van der Waals surface area contributed by atoms with Crippen molar-refractivity contribution < 1.29 is 13.2 Å². The number of nitrogen functional groups attached to an aromatic ring is 1. The summed E-state index contributed by atoms with van der Waals surface area (Å²) in [5, 5.41) is 0. The molecule has 0 amide bonds. The molecule has 0 spiro atoms. The summed E-state index contributed by atoms with van der Waals surface area (Å²) in [6.07, 6.45) is 0.918. The van der Waals surface area contributed by atoms with Gasteiger partial charge in [-0.15, -0.1) is 0 Å². The van der Waals surface area contributed by atoms with Crippen LogP contribution in [-0.2, 0) is 10.0 Å². The van der Waals surface area contributed by atoms with Gasteiger partial charge in [-0.25, -0.2) is 8.42 Å². The van der Waals surface area contributed by atoms with E-state index in [0.29, 0.717) is 18.0 Å². The Balaban J connectivity index is 2.16. The molecule has 0 fully saturated rings. The summed E-state index contributed by atoms with van der Waals surface area (Å²) in [4.78, 5) is 0.0660. The number of hydrogen-bond acceptors (Lipinski definition) is 4. The third-order valence-corrected chi connectivity index (χ3v) is 4.24. The smallest absolute Gasteiger partial charge is 0.263 e. The molecule has 0 aliphatic heterocycles. The first-order valence-corrected chi connectivity index (χ1v) is 8.11. The highest BCUT2D eigenvalue weighted by molar-refractivity contribution is 7.92. The fourth-order valence-electron chi connectivity index (χ4n) is 1.77. The highest BCUT2D eigenvalue weighted by Crippen LogP contribution is 2.22. The number of benzene rings is 2. The van der Waals surface area contributed by atoms with E-state index in [9.17, 15) is 8.42 Å². The van der Waals surface area contributed by atoms with Crippen molar-refractivity contribution in [1.82, 2.24) is 0 Å². The summed E-state index contributed by atoms with van der Waals surface area (Å²) in [5.74, 6) is 0.707. The van der Waals surface area contributed by atoms with Gasteiger partial charge in [-0.05, 0) is 42.8 Å². The molecule has 2 aromatic carbocycles. The maximum atomic E-state index is 12.3. The first-order chi connectivity index (χ1) is 10.0. The molecule has 5 nitrogen and oxygen atoms in total. The largest absolute Gasteiger partial charge is 0.494 e. The monoisotopic (exact) mass is 306 g/mol. The van der Waals surface area contributed by atoms with Crippen LogP contribution in [0.3, 0.4) is 0 Å². The van der Waals surface area contributed by atoms with Crippen LogP contribution in [0.15, 0.2) is 53.4 Å². The van der Waals surface area contributed by atoms with Crippen molar-refractivity contribution in [3.8, 4) is 5.75 Å². The van der Waals surface area contributed by atoms with Crippen molar-refractivity contribution in [1.29, 1.82) is 0 Å². The number of anilines is 2. The molecule has 2 rings (SSSR count). The number of hydrogen-bond donors (Lipinski definition) is 2. The number of nitrogens with two attached hydrogens (primary N) is 1. The van der Waals surface area contributed by atoms with E-state index >= 15 is 0 Å². The second-order valence-corrected chi connectivity index (χ2v) is 6.17. The number of sulfonamides is 1. The fourth-order valence-corrected chi connectivity index (χ4v) is 2.97. The summed E-state index contributed by atoms with van der Waals surface area (Å²) in [6.45, 7) is 2.65. The molecule has 0 bridgehead atoms. The van der Waals surface area contributed by atoms with Gasteiger partial charge in [0.1, 0.15) is 10.6 Å². The van der Waals surface area contributed by atoms with Gasteiger partial charge >= 0.3 is 0 Å². The molecule has 0 atom stereocenters. The van der Waals surface area contributed by atoms with Gasteiger partial charge in [-0.1, -0.05) is 19.1 Å². The van der Waals surface area contributed by atoms with Gasteiger partial charge in [0.25, 0.3) is 10.0 Å². The molecule has 0 radical (unpaired) electrons. The van der Waals surface area contributed by atoms with Crippen molar-refractivity contribution in [2.45, 2.75) is 18.2 Å². The molecule has 0 heterocycles. The zero-order valence-corrected chi connectivity index (χ0v) is 12.6. The predicted molar refractivity (Wildman–Crippen MR) is 83.9 cm³/mol. The summed E-state index contributed by atoms with van der Waals surface area (Å²) in [5.41, 5.74) is 6.38. The van der Waals surface area contributed by atoms with Crippen LogP contribution >= 0.6 is 0 Å². The van der Waals surface area contributed by atoms with E-state index < -0.39 is 10.0 Å². The van der Waals surface area contributed by atoms with Crippen LogP contribution in [0.25, 0.3) is 0 Å². The van der Waals surface area contributed by atoms with Crippen LogP contribution in [0.1, 0.15) is 13.3 Å². The molecule has 0 saturated heterocycles. The molecule has 0 aliphatic rings. The molecule has 0 saturated carbocycles. The van der Waals surface area contributed by atoms with Gasteiger partial charge in [0.15, 0.2) is 0 Å². The van der Waals surface area contributed by atoms with Gasteiger partial charge < -0.3 is 10.5 Å². The average molecular weight is 306 g/mol. The van der Waals surface area contributed by atoms with Crippen LogP contribution in [0, 0.1) is 0 Å². The van der Waals surface area contributed by atoms with E-state index in [4.69, 9.17) is 10.5 Å². The Bertz CT molecular complexity index is 697. The molecule has 0 aliphatic carbocycles. The van der Waals surface area contributed by atoms with Crippen molar-refractivity contribution in [3.63, 3.8) is 0 Å². The van der Waals surface area contributed by atoms with Gasteiger partial charge in [0.05, 0.1) is 12.3 Å². The highest BCUT2D eigenvalue weighted by atomic mass is 32.2. The van der Waals surface area contributed by atoms with Crippen LogP contribution in [-0.4, -0.2) is 15.0 Å². The average Bonchev–Trinajstić information content (AvgIpc) is 2.46. The Morgan fingerprint density at radius 1 is 1.10 bits per heavy atom. The first kappa shape index (κ1) is 15.2. The third-order valence-electron chi connectivity index (χ3n) is 2.79. The molecule has 0 unspecified atom stereocenters. The van der Waals surface area contributed by atoms with Gasteiger partial charge in [0, 0.05) is 5.69 Å². The summed E-state index contributed by atoms with van der Waals surface area (Å²) in [7, 11) is -3.69. The van der Waals surface area contributed by atoms with Crippen LogP contribution < -0.4 is 15.2 Å². The van der Waals surface area contributed by atoms with Crippen LogP contribution in [0.4, 0.5) is 11.4 Å². The van der Waals surface area contributed by atoms with Crippen LogP contribution in [0.2, 0.25) is 0 Å². The van der Waals surface area contributed by atoms with E-state index in [1.54, 1.807) is 42.5 Å². The maximum absolute atomic E-state index is 12.3. The SMILES string of the molecule is CCCOc1ccc(NS(=O)(=O)c2ccccc2N)cc1. The Hall–Kier alpha value is -2.21. The predicted octanol–water partition coefficient (Wildman–Crippen LogP) is 2.86. The van der Waals surface area contributed by atoms with E-state index in [1.807, 2.05) is 6.92 Å². The van der Waals surface area contributed by atoms with Gasteiger partial charge in [-0.3, -0.25) is 4.72 Å². The summed E-state index contributed by atoms with van der Waals surface area (Å²) >= 11 is 0. The lowest BCUT2D eigenvalue weighted by Crippen LogP contribution is -2.14. The quantitative estimate of drug-likeness (QED) is 0.804. The Morgan fingerprint density at radius 2 is 1.76 bits per heavy atom. The fraction of sp³-hybridized carbons (Fsp3) is 0.200. The molecule has 21 heavy (non-hydrogen) atoms. The Kier molecular flexibility index (Phi) is 4.70. The van der Waals surface area contributed by atoms with E-state index in [2.05, 4.69) is 4.72 Å². The second-order valence-electron chi connectivity index (χ2n) is 4.52. The van der Waals surface area contributed by atoms with E-state index in [1.165, 1.54) is 6.07 Å². The summed E-state index contributed by atoms with van der Waals surface area (Å²) in [6, 6.07) is 13.1. The van der Waals surface area contributed by atoms with E-state index in [-0.39, 0.29) is 10.6 Å². The second kappa shape index (κ2) is 6.49. The van der Waals surface area contributed by atoms with Crippen LogP contribution in [0.5, 0.6) is 5.75 Å². The first-order valence-electron chi connectivity index (χ1n) is 6.63. The van der Waals surface area contributed by atoms with Crippen molar-refractivity contribution in [2.24, 2.45) is 0 Å². The lowest BCUT2D eigenvalue weighted by molar-refractivity contribution is 0.317. The lowest BCUT2D eigenvalue weighted by Gasteiger charge is -2.11. The lowest BCUT2D eigenvalue weighted by atomic mass is 10.3. The Labute approximate surface area is 124 Å². The number of rotatable bonds is 6. The number of para-hydroxylation sites is 1. The normalized spacial score (nSPS) is 11.1. The molecule has 2 aromatic rings. The minimum Gasteiger partial charge on any atom is -0.494 e. The zero-order chi connectivity index (χ0) is 15.3. The van der Waals surface area contributed by atoms with Crippen molar-refractivity contribution in [3.05, 3.63) is 48.5 Å². The minimum absolute atomic E-state index is 0.0660. The Morgan fingerprint density at radius 3 is 2.38 bits per heavy atom. The molecule has 6 heteroatoms. The van der Waals surface area contributed by atoms with E-state index in [0.717, 1.165) is 6.42 Å². The molecule has 3 N–H and O–H groups in total.